The van der Waals surface area contributed by atoms with Crippen LogP contribution in [0.3, 0.4) is 0 Å². The number of hydrogen-bond donors (Lipinski definition) is 1. The molecule has 1 aromatic carbocycles. The van der Waals surface area contributed by atoms with Crippen LogP contribution in [0.2, 0.25) is 5.02 Å². The average Bonchev–Trinajstić information content (AvgIpc) is 2.67. The Bertz CT molecular complexity index is 784. The number of carbonyl (C=O) groups excluding carboxylic acids is 1. The molecule has 0 aromatic heterocycles. The summed E-state index contributed by atoms with van der Waals surface area (Å²) in [5.41, 5.74) is 0.604. The molecule has 7 heteroatoms. The first-order valence-corrected chi connectivity index (χ1v) is 10.9. The largest absolute Gasteiger partial charge is 0.327 e. The fourth-order valence-corrected chi connectivity index (χ4v) is 7.21. The van der Waals surface area contributed by atoms with E-state index < -0.39 is 4.92 Å². The minimum Gasteiger partial charge on any atom is -0.327 e. The number of halogens is 1. The highest BCUT2D eigenvalue weighted by atomic mass is 35.5. The number of rotatable bonds is 3. The molecule has 6 rings (SSSR count). The molecule has 4 aliphatic carbocycles. The Morgan fingerprint density at radius 2 is 1.68 bits per heavy atom. The summed E-state index contributed by atoms with van der Waals surface area (Å²) >= 11 is 6.18. The number of nitrogens with zero attached hydrogens (tertiary/aromatic N) is 2. The van der Waals surface area contributed by atoms with Gasteiger partial charge in [-0.3, -0.25) is 14.9 Å². The van der Waals surface area contributed by atoms with Crippen molar-refractivity contribution in [3.8, 4) is 0 Å². The minimum absolute atomic E-state index is 0.0921. The zero-order valence-electron chi connectivity index (χ0n) is 16.0. The van der Waals surface area contributed by atoms with Crippen LogP contribution in [0.25, 0.3) is 0 Å². The number of quaternary nitrogens is 1. The van der Waals surface area contributed by atoms with Gasteiger partial charge in [0.05, 0.1) is 47.2 Å². The van der Waals surface area contributed by atoms with Crippen LogP contribution in [0.15, 0.2) is 18.2 Å². The van der Waals surface area contributed by atoms with Gasteiger partial charge in [0, 0.05) is 31.4 Å². The second-order valence-corrected chi connectivity index (χ2v) is 9.92. The van der Waals surface area contributed by atoms with Gasteiger partial charge in [0.25, 0.3) is 11.6 Å². The van der Waals surface area contributed by atoms with Crippen molar-refractivity contribution in [3.63, 3.8) is 0 Å². The lowest BCUT2D eigenvalue weighted by Crippen LogP contribution is -3.23. The van der Waals surface area contributed by atoms with Gasteiger partial charge < -0.3 is 9.80 Å². The summed E-state index contributed by atoms with van der Waals surface area (Å²) in [4.78, 5) is 27.0. The number of carbonyl (C=O) groups is 1. The molecule has 1 saturated heterocycles. The predicted molar refractivity (Wildman–Crippen MR) is 106 cm³/mol. The predicted octanol–water partition coefficient (Wildman–Crippen LogP) is 2.56. The van der Waals surface area contributed by atoms with Crippen molar-refractivity contribution >= 4 is 23.2 Å². The third-order valence-electron chi connectivity index (χ3n) is 7.83. The molecule has 0 radical (unpaired) electrons. The van der Waals surface area contributed by atoms with E-state index in [1.165, 1.54) is 56.7 Å². The van der Waals surface area contributed by atoms with Crippen molar-refractivity contribution in [2.24, 2.45) is 17.8 Å². The first-order valence-electron chi connectivity index (χ1n) is 10.5. The normalized spacial score (nSPS) is 34.6. The van der Waals surface area contributed by atoms with Gasteiger partial charge in [0.15, 0.2) is 0 Å². The van der Waals surface area contributed by atoms with Crippen molar-refractivity contribution in [2.75, 3.05) is 26.2 Å². The van der Waals surface area contributed by atoms with Gasteiger partial charge >= 0.3 is 0 Å². The van der Waals surface area contributed by atoms with E-state index in [1.54, 1.807) is 4.90 Å². The van der Waals surface area contributed by atoms with Crippen LogP contribution in [-0.4, -0.2) is 47.4 Å². The van der Waals surface area contributed by atoms with Crippen LogP contribution in [0, 0.1) is 27.9 Å². The quantitative estimate of drug-likeness (QED) is 0.621. The molecule has 28 heavy (non-hydrogen) atoms. The van der Waals surface area contributed by atoms with Crippen LogP contribution < -0.4 is 4.90 Å². The number of non-ortho nitro benzene ring substituents is 1. The zero-order chi connectivity index (χ0) is 19.5. The molecule has 4 bridgehead atoms. The molecular weight excluding hydrogens is 378 g/mol. The summed E-state index contributed by atoms with van der Waals surface area (Å²) in [6.45, 7) is 3.36. The maximum absolute atomic E-state index is 13.0. The van der Waals surface area contributed by atoms with E-state index in [1.807, 2.05) is 4.90 Å². The van der Waals surface area contributed by atoms with Crippen molar-refractivity contribution in [2.45, 2.75) is 44.1 Å². The summed E-state index contributed by atoms with van der Waals surface area (Å²) in [6, 6.07) is 4.10. The third kappa shape index (κ3) is 3.01. The Kier molecular flexibility index (Phi) is 4.40. The Morgan fingerprint density at radius 3 is 2.21 bits per heavy atom. The number of piperazine rings is 1. The number of nitro benzene ring substituents is 1. The standard InChI is InChI=1S/C21H26ClN3O3/c22-19-2-1-17(25(27)28)10-18(19)20(26)23-3-5-24(6-4-23)21-11-14-7-15(12-21)9-16(8-14)13-21/h1-2,10,14-16H,3-9,11-13H2/p+1. The van der Waals surface area contributed by atoms with Gasteiger partial charge in [-0.1, -0.05) is 11.6 Å². The van der Waals surface area contributed by atoms with Gasteiger partial charge in [-0.05, 0) is 43.1 Å². The molecule has 1 aromatic rings. The van der Waals surface area contributed by atoms with Crippen molar-refractivity contribution in [1.82, 2.24) is 4.90 Å². The van der Waals surface area contributed by atoms with E-state index >= 15 is 0 Å². The summed E-state index contributed by atoms with van der Waals surface area (Å²) < 4.78 is 0. The van der Waals surface area contributed by atoms with Gasteiger partial charge in [0.2, 0.25) is 0 Å². The lowest BCUT2D eigenvalue weighted by Gasteiger charge is -2.59. The van der Waals surface area contributed by atoms with Crippen LogP contribution in [0.1, 0.15) is 48.9 Å². The maximum Gasteiger partial charge on any atom is 0.270 e. The Balaban J connectivity index is 1.28. The van der Waals surface area contributed by atoms with Crippen molar-refractivity contribution in [1.29, 1.82) is 0 Å². The topological polar surface area (TPSA) is 67.9 Å². The van der Waals surface area contributed by atoms with E-state index in [0.29, 0.717) is 18.6 Å². The second-order valence-electron chi connectivity index (χ2n) is 9.51. The number of nitro groups is 1. The lowest BCUT2D eigenvalue weighted by molar-refractivity contribution is -0.962. The number of benzene rings is 1. The van der Waals surface area contributed by atoms with E-state index in [-0.39, 0.29) is 22.2 Å². The van der Waals surface area contributed by atoms with Gasteiger partial charge in [-0.15, -0.1) is 0 Å². The van der Waals surface area contributed by atoms with Crippen LogP contribution >= 0.6 is 11.6 Å². The molecule has 1 amide bonds. The highest BCUT2D eigenvalue weighted by molar-refractivity contribution is 6.33. The van der Waals surface area contributed by atoms with Crippen LogP contribution in [-0.2, 0) is 0 Å². The molecule has 0 spiro atoms. The Morgan fingerprint density at radius 1 is 1.11 bits per heavy atom. The van der Waals surface area contributed by atoms with Crippen molar-refractivity contribution < 1.29 is 14.6 Å². The number of amides is 1. The molecule has 4 saturated carbocycles. The van der Waals surface area contributed by atoms with E-state index in [9.17, 15) is 14.9 Å². The van der Waals surface area contributed by atoms with E-state index in [4.69, 9.17) is 11.6 Å². The van der Waals surface area contributed by atoms with E-state index in [2.05, 4.69) is 0 Å². The van der Waals surface area contributed by atoms with Gasteiger partial charge in [0.1, 0.15) is 0 Å². The molecule has 5 aliphatic rings. The highest BCUT2D eigenvalue weighted by Gasteiger charge is 2.56. The Labute approximate surface area is 170 Å². The lowest BCUT2D eigenvalue weighted by atomic mass is 9.52. The molecular formula is C21H27ClN3O3+. The maximum atomic E-state index is 13.0. The SMILES string of the molecule is O=C(c1cc([N+](=O)[O-])ccc1Cl)N1CC[NH+](C23CC4CC(CC(C4)C2)C3)CC1. The second kappa shape index (κ2) is 6.70. The monoisotopic (exact) mass is 404 g/mol. The molecule has 150 valence electrons. The zero-order valence-corrected chi connectivity index (χ0v) is 16.8. The molecule has 0 atom stereocenters. The molecule has 1 N–H and O–H groups in total. The van der Waals surface area contributed by atoms with Gasteiger partial charge in [-0.25, -0.2) is 0 Å². The van der Waals surface area contributed by atoms with Gasteiger partial charge in [-0.2, -0.15) is 0 Å². The molecule has 1 aliphatic heterocycles. The first kappa shape index (κ1) is 18.4. The summed E-state index contributed by atoms with van der Waals surface area (Å²) in [5, 5.41) is 11.3. The molecule has 0 unspecified atom stereocenters. The number of hydrogen-bond acceptors (Lipinski definition) is 3. The molecule has 6 nitrogen and oxygen atoms in total. The van der Waals surface area contributed by atoms with Crippen LogP contribution in [0.5, 0.6) is 0 Å². The number of nitrogens with one attached hydrogen (secondary N) is 1. The average molecular weight is 405 g/mol. The smallest absolute Gasteiger partial charge is 0.270 e. The van der Waals surface area contributed by atoms with Crippen LogP contribution in [0.4, 0.5) is 5.69 Å². The summed E-state index contributed by atoms with van der Waals surface area (Å²) in [6.07, 6.45) is 8.46. The summed E-state index contributed by atoms with van der Waals surface area (Å²) in [5.74, 6) is 2.62. The minimum atomic E-state index is -0.484. The highest BCUT2D eigenvalue weighted by Crippen LogP contribution is 2.54. The first-order chi connectivity index (χ1) is 13.4. The fourth-order valence-electron chi connectivity index (χ4n) is 7.01. The molecule has 5 fully saturated rings. The third-order valence-corrected chi connectivity index (χ3v) is 8.16. The van der Waals surface area contributed by atoms with Crippen molar-refractivity contribution in [3.05, 3.63) is 38.9 Å². The summed E-state index contributed by atoms with van der Waals surface area (Å²) in [7, 11) is 0. The van der Waals surface area contributed by atoms with E-state index in [0.717, 1.165) is 30.8 Å². The fraction of sp³-hybridized carbons (Fsp3) is 0.667. The Hall–Kier alpha value is -1.66. The molecule has 1 heterocycles.